The second kappa shape index (κ2) is 6.69. The van der Waals surface area contributed by atoms with Crippen molar-refractivity contribution >= 4 is 17.5 Å². The largest absolute Gasteiger partial charge is 0.418 e. The van der Waals surface area contributed by atoms with Gasteiger partial charge in [0.25, 0.3) is 0 Å². The van der Waals surface area contributed by atoms with Crippen molar-refractivity contribution in [2.45, 2.75) is 44.7 Å². The highest BCUT2D eigenvalue weighted by Crippen LogP contribution is 2.49. The van der Waals surface area contributed by atoms with Gasteiger partial charge in [0.15, 0.2) is 0 Å². The number of benzene rings is 1. The zero-order chi connectivity index (χ0) is 18.1. The normalized spacial score (nSPS) is 19.9. The van der Waals surface area contributed by atoms with Crippen molar-refractivity contribution in [3.63, 3.8) is 0 Å². The third-order valence-corrected chi connectivity index (χ3v) is 4.97. The number of carbonyl (C=O) groups excluding carboxylic acids is 2. The van der Waals surface area contributed by atoms with E-state index in [-0.39, 0.29) is 11.6 Å². The Bertz CT molecular complexity index is 661. The molecule has 1 aromatic rings. The number of hydrogen-bond donors (Lipinski definition) is 1. The van der Waals surface area contributed by atoms with Gasteiger partial charge in [0.1, 0.15) is 5.41 Å². The minimum absolute atomic E-state index is 0.239. The monoisotopic (exact) mass is 354 g/mol. The molecule has 1 N–H and O–H groups in total. The molecule has 7 heteroatoms. The summed E-state index contributed by atoms with van der Waals surface area (Å²) >= 11 is 0. The van der Waals surface area contributed by atoms with E-state index in [1.54, 1.807) is 4.90 Å². The van der Waals surface area contributed by atoms with Crippen LogP contribution in [0.3, 0.4) is 0 Å². The van der Waals surface area contributed by atoms with Gasteiger partial charge in [-0.15, -0.1) is 0 Å². The Hall–Kier alpha value is -2.05. The van der Waals surface area contributed by atoms with Gasteiger partial charge in [-0.1, -0.05) is 25.0 Å². The lowest BCUT2D eigenvalue weighted by Gasteiger charge is -2.26. The smallest absolute Gasteiger partial charge is 0.342 e. The van der Waals surface area contributed by atoms with E-state index in [0.717, 1.165) is 31.7 Å². The van der Waals surface area contributed by atoms with Crippen LogP contribution in [0.15, 0.2) is 24.3 Å². The van der Waals surface area contributed by atoms with Crippen LogP contribution in [0.25, 0.3) is 0 Å². The Morgan fingerprint density at radius 1 is 1.00 bits per heavy atom. The average molecular weight is 354 g/mol. The molecule has 1 saturated carbocycles. The van der Waals surface area contributed by atoms with E-state index >= 15 is 0 Å². The topological polar surface area (TPSA) is 49.4 Å². The molecular formula is C18H21F3N2O2. The molecule has 0 bridgehead atoms. The van der Waals surface area contributed by atoms with Crippen LogP contribution in [0.5, 0.6) is 0 Å². The number of rotatable bonds is 3. The molecule has 1 aromatic carbocycles. The minimum Gasteiger partial charge on any atom is -0.342 e. The van der Waals surface area contributed by atoms with E-state index in [1.165, 1.54) is 18.2 Å². The highest BCUT2D eigenvalue weighted by Gasteiger charge is 2.58. The lowest BCUT2D eigenvalue weighted by atomic mass is 10.0. The Balaban J connectivity index is 1.76. The molecule has 136 valence electrons. The fourth-order valence-electron chi connectivity index (χ4n) is 3.32. The molecule has 1 saturated heterocycles. The highest BCUT2D eigenvalue weighted by atomic mass is 19.4. The Morgan fingerprint density at radius 2 is 1.60 bits per heavy atom. The quantitative estimate of drug-likeness (QED) is 0.839. The molecule has 1 aliphatic carbocycles. The number of nitrogens with one attached hydrogen (secondary N) is 1. The van der Waals surface area contributed by atoms with E-state index in [0.29, 0.717) is 25.9 Å². The summed E-state index contributed by atoms with van der Waals surface area (Å²) in [5, 5.41) is 2.35. The molecule has 0 radical (unpaired) electrons. The van der Waals surface area contributed by atoms with Crippen LogP contribution in [0, 0.1) is 5.41 Å². The standard InChI is InChI=1S/C18H21F3N2O2/c19-18(20,21)13-7-3-4-8-14(13)22-15(24)17(9-10-17)16(25)23-11-5-1-2-6-12-23/h3-4,7-8H,1-2,5-6,9-12H2,(H,22,24). The van der Waals surface area contributed by atoms with Gasteiger partial charge in [-0.05, 0) is 37.8 Å². The third kappa shape index (κ3) is 3.65. The number of amides is 2. The molecule has 4 nitrogen and oxygen atoms in total. The summed E-state index contributed by atoms with van der Waals surface area (Å²) in [6, 6.07) is 4.84. The Labute approximate surface area is 144 Å². The molecule has 0 unspecified atom stereocenters. The molecule has 2 fully saturated rings. The molecule has 0 aromatic heterocycles. The lowest BCUT2D eigenvalue weighted by molar-refractivity contribution is -0.142. The zero-order valence-corrected chi connectivity index (χ0v) is 13.9. The number of carbonyl (C=O) groups is 2. The van der Waals surface area contributed by atoms with Gasteiger partial charge in [-0.3, -0.25) is 9.59 Å². The fraction of sp³-hybridized carbons (Fsp3) is 0.556. The van der Waals surface area contributed by atoms with Crippen molar-refractivity contribution in [3.8, 4) is 0 Å². The average Bonchev–Trinajstić information content (AvgIpc) is 3.39. The molecular weight excluding hydrogens is 333 g/mol. The van der Waals surface area contributed by atoms with Crippen molar-refractivity contribution in [2.75, 3.05) is 18.4 Å². The molecule has 0 atom stereocenters. The summed E-state index contributed by atoms with van der Waals surface area (Å²) in [5.74, 6) is -0.866. The predicted molar refractivity (Wildman–Crippen MR) is 86.8 cm³/mol. The summed E-state index contributed by atoms with van der Waals surface area (Å²) in [7, 11) is 0. The summed E-state index contributed by atoms with van der Waals surface area (Å²) < 4.78 is 39.2. The number of hydrogen-bond acceptors (Lipinski definition) is 2. The maximum absolute atomic E-state index is 13.1. The minimum atomic E-state index is -4.56. The first-order chi connectivity index (χ1) is 11.8. The van der Waals surface area contributed by atoms with Gasteiger partial charge in [-0.25, -0.2) is 0 Å². The Kier molecular flexibility index (Phi) is 4.75. The molecule has 0 spiro atoms. The van der Waals surface area contributed by atoms with E-state index in [4.69, 9.17) is 0 Å². The highest BCUT2D eigenvalue weighted by molar-refractivity contribution is 6.13. The maximum Gasteiger partial charge on any atom is 0.418 e. The number of likely N-dealkylation sites (tertiary alicyclic amines) is 1. The van der Waals surface area contributed by atoms with Crippen molar-refractivity contribution in [3.05, 3.63) is 29.8 Å². The number of halogens is 3. The van der Waals surface area contributed by atoms with E-state index in [2.05, 4.69) is 5.32 Å². The summed E-state index contributed by atoms with van der Waals surface area (Å²) in [6.45, 7) is 1.24. The molecule has 2 aliphatic rings. The maximum atomic E-state index is 13.1. The van der Waals surface area contributed by atoms with E-state index < -0.39 is 23.1 Å². The van der Waals surface area contributed by atoms with Crippen molar-refractivity contribution in [2.24, 2.45) is 5.41 Å². The van der Waals surface area contributed by atoms with E-state index in [9.17, 15) is 22.8 Å². The SMILES string of the molecule is O=C(Nc1ccccc1C(F)(F)F)C1(C(=O)N2CCCCCC2)CC1. The fourth-order valence-corrected chi connectivity index (χ4v) is 3.32. The summed E-state index contributed by atoms with van der Waals surface area (Å²) in [6.07, 6.45) is 0.143. The van der Waals surface area contributed by atoms with Crippen LogP contribution < -0.4 is 5.32 Å². The van der Waals surface area contributed by atoms with Gasteiger partial charge >= 0.3 is 6.18 Å². The van der Waals surface area contributed by atoms with Crippen LogP contribution in [-0.4, -0.2) is 29.8 Å². The Morgan fingerprint density at radius 3 is 2.16 bits per heavy atom. The molecule has 1 heterocycles. The third-order valence-electron chi connectivity index (χ3n) is 4.97. The van der Waals surface area contributed by atoms with Gasteiger partial charge in [0, 0.05) is 13.1 Å². The second-order valence-corrected chi connectivity index (χ2v) is 6.79. The van der Waals surface area contributed by atoms with Gasteiger partial charge < -0.3 is 10.2 Å². The van der Waals surface area contributed by atoms with Gasteiger partial charge in [0.05, 0.1) is 11.3 Å². The molecule has 2 amide bonds. The molecule has 25 heavy (non-hydrogen) atoms. The number of para-hydroxylation sites is 1. The van der Waals surface area contributed by atoms with Crippen molar-refractivity contribution < 1.29 is 22.8 Å². The van der Waals surface area contributed by atoms with Gasteiger partial charge in [-0.2, -0.15) is 13.2 Å². The van der Waals surface area contributed by atoms with Crippen LogP contribution in [0.4, 0.5) is 18.9 Å². The first-order valence-electron chi connectivity index (χ1n) is 8.62. The first kappa shape index (κ1) is 17.8. The van der Waals surface area contributed by atoms with Crippen LogP contribution in [0.2, 0.25) is 0 Å². The van der Waals surface area contributed by atoms with Crippen LogP contribution >= 0.6 is 0 Å². The number of alkyl halides is 3. The number of nitrogens with zero attached hydrogens (tertiary/aromatic N) is 1. The first-order valence-corrected chi connectivity index (χ1v) is 8.62. The number of anilines is 1. The van der Waals surface area contributed by atoms with Crippen LogP contribution in [-0.2, 0) is 15.8 Å². The molecule has 1 aliphatic heterocycles. The zero-order valence-electron chi connectivity index (χ0n) is 13.9. The second-order valence-electron chi connectivity index (χ2n) is 6.79. The summed E-state index contributed by atoms with van der Waals surface area (Å²) in [4.78, 5) is 27.1. The summed E-state index contributed by atoms with van der Waals surface area (Å²) in [5.41, 5.74) is -2.39. The van der Waals surface area contributed by atoms with E-state index in [1.807, 2.05) is 0 Å². The van der Waals surface area contributed by atoms with Crippen molar-refractivity contribution in [1.29, 1.82) is 0 Å². The van der Waals surface area contributed by atoms with Gasteiger partial charge in [0.2, 0.25) is 11.8 Å². The van der Waals surface area contributed by atoms with Crippen LogP contribution in [0.1, 0.15) is 44.1 Å². The predicted octanol–water partition coefficient (Wildman–Crippen LogP) is 3.83. The lowest BCUT2D eigenvalue weighted by Crippen LogP contribution is -2.43. The molecule has 3 rings (SSSR count). The van der Waals surface area contributed by atoms with Crippen molar-refractivity contribution in [1.82, 2.24) is 4.90 Å².